The molecule has 1 aromatic carbocycles. The van der Waals surface area contributed by atoms with Crippen molar-refractivity contribution in [2.24, 2.45) is 0 Å². The van der Waals surface area contributed by atoms with Crippen LogP contribution in [0.4, 0.5) is 0 Å². The first-order valence-corrected chi connectivity index (χ1v) is 6.99. The van der Waals surface area contributed by atoms with Gasteiger partial charge in [0.1, 0.15) is 5.75 Å². The summed E-state index contributed by atoms with van der Waals surface area (Å²) in [6.45, 7) is 3.53. The number of rotatable bonds is 5. The number of ether oxygens (including phenoxy) is 1. The molecule has 1 fully saturated rings. The van der Waals surface area contributed by atoms with Crippen molar-refractivity contribution in [1.82, 2.24) is 10.2 Å². The zero-order valence-electron chi connectivity index (χ0n) is 12.0. The fourth-order valence-electron chi connectivity index (χ4n) is 2.44. The summed E-state index contributed by atoms with van der Waals surface area (Å²) in [5.41, 5.74) is 0.990. The average molecular weight is 278 g/mol. The van der Waals surface area contributed by atoms with Gasteiger partial charge in [-0.3, -0.25) is 4.79 Å². The van der Waals surface area contributed by atoms with Crippen molar-refractivity contribution in [2.75, 3.05) is 20.2 Å². The van der Waals surface area contributed by atoms with E-state index in [0.29, 0.717) is 26.1 Å². The molecule has 0 spiro atoms. The molecule has 1 saturated heterocycles. The van der Waals surface area contributed by atoms with E-state index in [1.807, 2.05) is 31.2 Å². The van der Waals surface area contributed by atoms with Crippen molar-refractivity contribution < 1.29 is 14.6 Å². The zero-order chi connectivity index (χ0) is 14.5. The molecule has 1 amide bonds. The number of benzene rings is 1. The molecular formula is C15H22N2O3. The Kier molecular flexibility index (Phi) is 4.98. The number of amides is 1. The third-order valence-corrected chi connectivity index (χ3v) is 3.46. The molecule has 0 bridgehead atoms. The molecule has 1 aliphatic heterocycles. The van der Waals surface area contributed by atoms with Crippen LogP contribution >= 0.6 is 0 Å². The Morgan fingerprint density at radius 2 is 2.25 bits per heavy atom. The summed E-state index contributed by atoms with van der Waals surface area (Å²) in [6.07, 6.45) is 0.0593. The topological polar surface area (TPSA) is 61.8 Å². The molecule has 0 saturated carbocycles. The van der Waals surface area contributed by atoms with Gasteiger partial charge < -0.3 is 20.1 Å². The van der Waals surface area contributed by atoms with E-state index in [9.17, 15) is 9.90 Å². The Bertz CT molecular complexity index is 464. The van der Waals surface area contributed by atoms with Crippen LogP contribution in [-0.2, 0) is 11.3 Å². The summed E-state index contributed by atoms with van der Waals surface area (Å²) < 4.78 is 5.57. The van der Waals surface area contributed by atoms with Crippen molar-refractivity contribution in [3.63, 3.8) is 0 Å². The lowest BCUT2D eigenvalue weighted by atomic mass is 10.1. The van der Waals surface area contributed by atoms with E-state index in [0.717, 1.165) is 11.3 Å². The molecule has 2 atom stereocenters. The highest BCUT2D eigenvalue weighted by atomic mass is 16.5. The Hall–Kier alpha value is -1.59. The van der Waals surface area contributed by atoms with Crippen LogP contribution in [0.25, 0.3) is 0 Å². The first-order chi connectivity index (χ1) is 9.61. The van der Waals surface area contributed by atoms with Crippen molar-refractivity contribution in [3.05, 3.63) is 29.8 Å². The highest BCUT2D eigenvalue weighted by Gasteiger charge is 2.30. The van der Waals surface area contributed by atoms with Crippen LogP contribution in [0.15, 0.2) is 24.3 Å². The summed E-state index contributed by atoms with van der Waals surface area (Å²) in [6, 6.07) is 7.45. The number of hydrogen-bond acceptors (Lipinski definition) is 4. The van der Waals surface area contributed by atoms with Gasteiger partial charge in [-0.15, -0.1) is 0 Å². The van der Waals surface area contributed by atoms with Crippen LogP contribution in [0.1, 0.15) is 18.9 Å². The van der Waals surface area contributed by atoms with Crippen LogP contribution in [0.5, 0.6) is 5.75 Å². The summed E-state index contributed by atoms with van der Waals surface area (Å²) >= 11 is 0. The quantitative estimate of drug-likeness (QED) is 0.835. The first-order valence-electron chi connectivity index (χ1n) is 6.99. The Morgan fingerprint density at radius 3 is 2.90 bits per heavy atom. The van der Waals surface area contributed by atoms with Crippen LogP contribution in [0.3, 0.4) is 0 Å². The second kappa shape index (κ2) is 6.72. The summed E-state index contributed by atoms with van der Waals surface area (Å²) in [5, 5.41) is 12.5. The number of aliphatic hydroxyl groups is 1. The number of likely N-dealkylation sites (N-methyl/N-ethyl adjacent to an activating group) is 1. The molecule has 110 valence electrons. The Balaban J connectivity index is 2.00. The molecule has 5 heteroatoms. The number of aliphatic hydroxyl groups excluding tert-OH is 1. The lowest BCUT2D eigenvalue weighted by molar-refractivity contribution is -0.132. The zero-order valence-corrected chi connectivity index (χ0v) is 12.0. The van der Waals surface area contributed by atoms with Crippen molar-refractivity contribution in [2.45, 2.75) is 32.0 Å². The number of β-amino-alcohol motifs (C(OH)–C–C–N with tert-alkyl or cyclic N) is 1. The monoisotopic (exact) mass is 278 g/mol. The fourth-order valence-corrected chi connectivity index (χ4v) is 2.44. The van der Waals surface area contributed by atoms with E-state index < -0.39 is 6.10 Å². The highest BCUT2D eigenvalue weighted by Crippen LogP contribution is 2.20. The molecule has 20 heavy (non-hydrogen) atoms. The van der Waals surface area contributed by atoms with Gasteiger partial charge >= 0.3 is 0 Å². The molecule has 0 unspecified atom stereocenters. The third kappa shape index (κ3) is 3.49. The fraction of sp³-hybridized carbons (Fsp3) is 0.533. The smallest absolute Gasteiger partial charge is 0.239 e. The summed E-state index contributed by atoms with van der Waals surface area (Å²) in [5.74, 6) is 0.821. The minimum atomic E-state index is -0.423. The number of para-hydroxylation sites is 1. The van der Waals surface area contributed by atoms with Gasteiger partial charge in [-0.2, -0.15) is 0 Å². The van der Waals surface area contributed by atoms with Crippen LogP contribution in [0.2, 0.25) is 0 Å². The Morgan fingerprint density at radius 1 is 1.50 bits per heavy atom. The van der Waals surface area contributed by atoms with Gasteiger partial charge in [0.15, 0.2) is 0 Å². The predicted molar refractivity (Wildman–Crippen MR) is 76.5 cm³/mol. The van der Waals surface area contributed by atoms with Gasteiger partial charge in [0.25, 0.3) is 0 Å². The van der Waals surface area contributed by atoms with E-state index in [2.05, 4.69) is 5.32 Å². The molecule has 0 radical (unpaired) electrons. The predicted octanol–water partition coefficient (Wildman–Crippen LogP) is 0.766. The maximum atomic E-state index is 12.3. The molecule has 0 aromatic heterocycles. The van der Waals surface area contributed by atoms with E-state index in [4.69, 9.17) is 4.74 Å². The average Bonchev–Trinajstić information content (AvgIpc) is 2.87. The van der Waals surface area contributed by atoms with Crippen molar-refractivity contribution in [1.29, 1.82) is 0 Å². The highest BCUT2D eigenvalue weighted by molar-refractivity contribution is 5.82. The molecule has 1 aromatic rings. The molecule has 5 nitrogen and oxygen atoms in total. The van der Waals surface area contributed by atoms with Crippen LogP contribution < -0.4 is 10.1 Å². The van der Waals surface area contributed by atoms with E-state index in [1.165, 1.54) is 0 Å². The second-order valence-electron chi connectivity index (χ2n) is 5.09. The van der Waals surface area contributed by atoms with E-state index in [1.54, 1.807) is 11.9 Å². The lowest BCUT2D eigenvalue weighted by Crippen LogP contribution is -2.41. The van der Waals surface area contributed by atoms with Gasteiger partial charge in [0, 0.05) is 25.7 Å². The van der Waals surface area contributed by atoms with E-state index in [-0.39, 0.29) is 11.9 Å². The van der Waals surface area contributed by atoms with Crippen molar-refractivity contribution in [3.8, 4) is 5.75 Å². The summed E-state index contributed by atoms with van der Waals surface area (Å²) in [7, 11) is 1.78. The lowest BCUT2D eigenvalue weighted by Gasteiger charge is -2.22. The third-order valence-electron chi connectivity index (χ3n) is 3.46. The minimum Gasteiger partial charge on any atom is -0.494 e. The van der Waals surface area contributed by atoms with E-state index >= 15 is 0 Å². The van der Waals surface area contributed by atoms with Gasteiger partial charge in [0.2, 0.25) is 5.91 Å². The van der Waals surface area contributed by atoms with Gasteiger partial charge in [-0.1, -0.05) is 18.2 Å². The number of carbonyl (C=O) groups excluding carboxylic acids is 1. The molecule has 1 heterocycles. The largest absolute Gasteiger partial charge is 0.494 e. The minimum absolute atomic E-state index is 0.00727. The molecule has 2 N–H and O–H groups in total. The number of hydrogen-bond donors (Lipinski definition) is 2. The normalized spacial score (nSPS) is 21.8. The van der Waals surface area contributed by atoms with Crippen molar-refractivity contribution >= 4 is 5.91 Å². The Labute approximate surface area is 119 Å². The molecule has 2 rings (SSSR count). The SMILES string of the molecule is CCOc1ccccc1CN(C)C(=O)[C@H]1C[C@@H](O)CN1. The number of nitrogens with one attached hydrogen (secondary N) is 1. The van der Waals surface area contributed by atoms with Gasteiger partial charge in [-0.25, -0.2) is 0 Å². The van der Waals surface area contributed by atoms with Crippen LogP contribution in [0, 0.1) is 0 Å². The maximum Gasteiger partial charge on any atom is 0.239 e. The number of carbonyl (C=O) groups is 1. The van der Waals surface area contributed by atoms with Gasteiger partial charge in [0.05, 0.1) is 18.8 Å². The first kappa shape index (κ1) is 14.8. The molecule has 0 aliphatic carbocycles. The van der Waals surface area contributed by atoms with Crippen LogP contribution in [-0.4, -0.2) is 48.3 Å². The second-order valence-corrected chi connectivity index (χ2v) is 5.09. The standard InChI is InChI=1S/C15H22N2O3/c1-3-20-14-7-5-4-6-11(14)10-17(2)15(19)13-8-12(18)9-16-13/h4-7,12-13,16,18H,3,8-10H2,1-2H3/t12-,13-/m1/s1. The number of nitrogens with zero attached hydrogens (tertiary/aromatic N) is 1. The molecule has 1 aliphatic rings. The summed E-state index contributed by atoms with van der Waals surface area (Å²) in [4.78, 5) is 14.0. The molecular weight excluding hydrogens is 256 g/mol. The maximum absolute atomic E-state index is 12.3. The van der Waals surface area contributed by atoms with Gasteiger partial charge in [-0.05, 0) is 19.4 Å².